The maximum atomic E-state index is 13.3. The van der Waals surface area contributed by atoms with E-state index in [9.17, 15) is 9.65 Å². The summed E-state index contributed by atoms with van der Waals surface area (Å²) in [5, 5.41) is 13.8. The first-order chi connectivity index (χ1) is 11.8. The van der Waals surface area contributed by atoms with Crippen LogP contribution >= 0.6 is 0 Å². The van der Waals surface area contributed by atoms with Gasteiger partial charge in [-0.1, -0.05) is 0 Å². The fourth-order valence-corrected chi connectivity index (χ4v) is 3.60. The SMILES string of the molecule is N#Cc1ccc2c(c1)c(C1CCNCC1)cn2-c1ccc(F)cc1. The molecular weight excluding hydrogens is 301 g/mol. The topological polar surface area (TPSA) is 40.8 Å². The molecule has 1 aliphatic rings. The highest BCUT2D eigenvalue weighted by molar-refractivity contribution is 5.87. The molecule has 1 N–H and O–H groups in total. The zero-order chi connectivity index (χ0) is 16.5. The summed E-state index contributed by atoms with van der Waals surface area (Å²) >= 11 is 0. The molecule has 0 bridgehead atoms. The fraction of sp³-hybridized carbons (Fsp3) is 0.250. The van der Waals surface area contributed by atoms with Gasteiger partial charge in [0.1, 0.15) is 5.82 Å². The number of piperidine rings is 1. The maximum Gasteiger partial charge on any atom is 0.123 e. The highest BCUT2D eigenvalue weighted by Gasteiger charge is 2.21. The van der Waals surface area contributed by atoms with Crippen molar-refractivity contribution in [3.05, 3.63) is 65.6 Å². The largest absolute Gasteiger partial charge is 0.317 e. The van der Waals surface area contributed by atoms with Gasteiger partial charge in [-0.3, -0.25) is 0 Å². The zero-order valence-electron chi connectivity index (χ0n) is 13.3. The Balaban J connectivity index is 1.91. The third-order valence-electron chi connectivity index (χ3n) is 4.85. The van der Waals surface area contributed by atoms with Gasteiger partial charge in [0.05, 0.1) is 17.1 Å². The summed E-state index contributed by atoms with van der Waals surface area (Å²) in [6.07, 6.45) is 4.35. The number of aromatic nitrogens is 1. The van der Waals surface area contributed by atoms with Gasteiger partial charge in [-0.05, 0) is 79.9 Å². The van der Waals surface area contributed by atoms with Crippen molar-refractivity contribution in [1.82, 2.24) is 9.88 Å². The Kier molecular flexibility index (Phi) is 3.79. The van der Waals surface area contributed by atoms with Crippen molar-refractivity contribution in [2.24, 2.45) is 0 Å². The van der Waals surface area contributed by atoms with Crippen LogP contribution in [0.25, 0.3) is 16.6 Å². The summed E-state index contributed by atoms with van der Waals surface area (Å²) in [4.78, 5) is 0. The van der Waals surface area contributed by atoms with E-state index in [1.165, 1.54) is 17.7 Å². The van der Waals surface area contributed by atoms with Crippen LogP contribution in [0.2, 0.25) is 0 Å². The lowest BCUT2D eigenvalue weighted by Crippen LogP contribution is -2.26. The minimum Gasteiger partial charge on any atom is -0.317 e. The van der Waals surface area contributed by atoms with E-state index in [0.717, 1.165) is 42.5 Å². The van der Waals surface area contributed by atoms with E-state index < -0.39 is 0 Å². The number of hydrogen-bond donors (Lipinski definition) is 1. The Bertz CT molecular complexity index is 912. The van der Waals surface area contributed by atoms with E-state index >= 15 is 0 Å². The van der Waals surface area contributed by atoms with Gasteiger partial charge in [-0.2, -0.15) is 5.26 Å². The Labute approximate surface area is 140 Å². The van der Waals surface area contributed by atoms with Crippen LogP contribution in [-0.4, -0.2) is 17.7 Å². The van der Waals surface area contributed by atoms with Gasteiger partial charge in [0.2, 0.25) is 0 Å². The number of rotatable bonds is 2. The van der Waals surface area contributed by atoms with Crippen molar-refractivity contribution >= 4 is 10.9 Å². The van der Waals surface area contributed by atoms with Crippen LogP contribution in [0.3, 0.4) is 0 Å². The standard InChI is InChI=1S/C20H18FN3/c21-16-2-4-17(5-3-16)24-13-19(15-7-9-23-10-8-15)18-11-14(12-22)1-6-20(18)24/h1-6,11,13,15,23H,7-10H2. The summed E-state index contributed by atoms with van der Waals surface area (Å²) in [7, 11) is 0. The predicted molar refractivity (Wildman–Crippen MR) is 92.8 cm³/mol. The summed E-state index contributed by atoms with van der Waals surface area (Å²) in [6, 6.07) is 14.6. The number of benzene rings is 2. The molecule has 4 rings (SSSR count). The first-order valence-electron chi connectivity index (χ1n) is 8.28. The number of nitriles is 1. The van der Waals surface area contributed by atoms with Crippen molar-refractivity contribution in [2.45, 2.75) is 18.8 Å². The summed E-state index contributed by atoms with van der Waals surface area (Å²) < 4.78 is 15.4. The average molecular weight is 319 g/mol. The van der Waals surface area contributed by atoms with E-state index in [4.69, 9.17) is 0 Å². The highest BCUT2D eigenvalue weighted by atomic mass is 19.1. The molecule has 3 nitrogen and oxygen atoms in total. The molecule has 0 amide bonds. The van der Waals surface area contributed by atoms with Gasteiger partial charge in [-0.15, -0.1) is 0 Å². The second-order valence-electron chi connectivity index (χ2n) is 6.30. The Morgan fingerprint density at radius 1 is 1.08 bits per heavy atom. The number of nitrogens with zero attached hydrogens (tertiary/aromatic N) is 2. The van der Waals surface area contributed by atoms with E-state index in [1.54, 1.807) is 12.1 Å². The van der Waals surface area contributed by atoms with E-state index in [0.29, 0.717) is 11.5 Å². The molecule has 2 heterocycles. The third-order valence-corrected chi connectivity index (χ3v) is 4.85. The minimum atomic E-state index is -0.236. The smallest absolute Gasteiger partial charge is 0.123 e. The lowest BCUT2D eigenvalue weighted by atomic mass is 9.90. The quantitative estimate of drug-likeness (QED) is 0.772. The first-order valence-corrected chi connectivity index (χ1v) is 8.28. The van der Waals surface area contributed by atoms with Crippen molar-refractivity contribution < 1.29 is 4.39 Å². The number of nitrogens with one attached hydrogen (secondary N) is 1. The number of hydrogen-bond acceptors (Lipinski definition) is 2. The van der Waals surface area contributed by atoms with E-state index in [2.05, 4.69) is 22.1 Å². The fourth-order valence-electron chi connectivity index (χ4n) is 3.60. The van der Waals surface area contributed by atoms with E-state index in [1.807, 2.05) is 18.2 Å². The normalized spacial score (nSPS) is 15.5. The van der Waals surface area contributed by atoms with Crippen LogP contribution in [0.5, 0.6) is 0 Å². The van der Waals surface area contributed by atoms with Crippen LogP contribution in [0.15, 0.2) is 48.7 Å². The van der Waals surface area contributed by atoms with Crippen LogP contribution < -0.4 is 5.32 Å². The Morgan fingerprint density at radius 2 is 1.83 bits per heavy atom. The van der Waals surface area contributed by atoms with Crippen molar-refractivity contribution in [3.8, 4) is 11.8 Å². The highest BCUT2D eigenvalue weighted by Crippen LogP contribution is 2.35. The number of fused-ring (bicyclic) bond motifs is 1. The molecule has 2 aromatic carbocycles. The first kappa shape index (κ1) is 14.9. The van der Waals surface area contributed by atoms with E-state index in [-0.39, 0.29) is 5.82 Å². The van der Waals surface area contributed by atoms with Crippen LogP contribution in [0.1, 0.15) is 29.9 Å². The molecule has 0 saturated carbocycles. The predicted octanol–water partition coefficient (Wildman–Crippen LogP) is 4.11. The molecule has 24 heavy (non-hydrogen) atoms. The van der Waals surface area contributed by atoms with Gasteiger partial charge in [0.25, 0.3) is 0 Å². The lowest BCUT2D eigenvalue weighted by Gasteiger charge is -2.22. The van der Waals surface area contributed by atoms with Gasteiger partial charge >= 0.3 is 0 Å². The van der Waals surface area contributed by atoms with Gasteiger partial charge in [0.15, 0.2) is 0 Å². The Hall–Kier alpha value is -2.64. The molecule has 0 atom stereocenters. The van der Waals surface area contributed by atoms with Gasteiger partial charge < -0.3 is 9.88 Å². The molecule has 4 heteroatoms. The van der Waals surface area contributed by atoms with Gasteiger partial charge in [-0.25, -0.2) is 4.39 Å². The van der Waals surface area contributed by atoms with Crippen molar-refractivity contribution in [2.75, 3.05) is 13.1 Å². The molecule has 1 aliphatic heterocycles. The zero-order valence-corrected chi connectivity index (χ0v) is 13.3. The molecular formula is C20H18FN3. The van der Waals surface area contributed by atoms with Crippen LogP contribution in [-0.2, 0) is 0 Å². The van der Waals surface area contributed by atoms with Crippen molar-refractivity contribution in [3.63, 3.8) is 0 Å². The molecule has 1 fully saturated rings. The number of halogens is 1. The van der Waals surface area contributed by atoms with Crippen LogP contribution in [0.4, 0.5) is 4.39 Å². The molecule has 0 unspecified atom stereocenters. The molecule has 0 aliphatic carbocycles. The van der Waals surface area contributed by atoms with Crippen molar-refractivity contribution in [1.29, 1.82) is 5.26 Å². The summed E-state index contributed by atoms with van der Waals surface area (Å²) in [6.45, 7) is 2.04. The third kappa shape index (κ3) is 2.57. The molecule has 1 saturated heterocycles. The molecule has 1 aromatic heterocycles. The maximum absolute atomic E-state index is 13.3. The lowest BCUT2D eigenvalue weighted by molar-refractivity contribution is 0.462. The monoisotopic (exact) mass is 319 g/mol. The average Bonchev–Trinajstić information content (AvgIpc) is 3.02. The summed E-state index contributed by atoms with van der Waals surface area (Å²) in [5.41, 5.74) is 3.96. The van der Waals surface area contributed by atoms with Crippen LogP contribution in [0, 0.1) is 17.1 Å². The summed E-state index contributed by atoms with van der Waals surface area (Å²) in [5.74, 6) is 0.255. The molecule has 120 valence electrons. The minimum absolute atomic E-state index is 0.236. The second-order valence-corrected chi connectivity index (χ2v) is 6.30. The molecule has 3 aromatic rings. The molecule has 0 spiro atoms. The van der Waals surface area contributed by atoms with Gasteiger partial charge in [0, 0.05) is 17.3 Å². The molecule has 0 radical (unpaired) electrons. The second kappa shape index (κ2) is 6.10. The Morgan fingerprint density at radius 3 is 2.54 bits per heavy atom.